The first-order valence-electron chi connectivity index (χ1n) is 10.5. The number of hydrogen-bond acceptors (Lipinski definition) is 0. The lowest BCUT2D eigenvalue weighted by Gasteiger charge is -2.27. The largest absolute Gasteiger partial charge is 0.103 e. The highest BCUT2D eigenvalue weighted by Gasteiger charge is 2.26. The van der Waals surface area contributed by atoms with Gasteiger partial charge in [-0.15, -0.1) is 0 Å². The van der Waals surface area contributed by atoms with E-state index in [4.69, 9.17) is 0 Å². The van der Waals surface area contributed by atoms with Gasteiger partial charge in [-0.2, -0.15) is 0 Å². The first-order valence-corrected chi connectivity index (χ1v) is 13.9. The van der Waals surface area contributed by atoms with Gasteiger partial charge in [0.25, 0.3) is 0 Å². The lowest BCUT2D eigenvalue weighted by Crippen LogP contribution is -2.49. The molecule has 3 aromatic carbocycles. The molecule has 2 heteroatoms. The van der Waals surface area contributed by atoms with Crippen molar-refractivity contribution < 1.29 is 0 Å². The molecule has 0 N–H and O–H groups in total. The van der Waals surface area contributed by atoms with E-state index in [0.29, 0.717) is 0 Å². The Kier molecular flexibility index (Phi) is 8.12. The Balaban J connectivity index is 1.90. The van der Waals surface area contributed by atoms with Gasteiger partial charge in [0, 0.05) is 0 Å². The predicted octanol–water partition coefficient (Wildman–Crippen LogP) is 3.82. The van der Waals surface area contributed by atoms with Crippen LogP contribution < -0.4 is 15.6 Å². The molecule has 0 saturated heterocycles. The number of hydrogen-bond donors (Lipinski definition) is 0. The summed E-state index contributed by atoms with van der Waals surface area (Å²) < 4.78 is 0. The van der Waals surface area contributed by atoms with E-state index < -0.39 is 8.80 Å². The molecule has 0 fully saturated rings. The second-order valence-electron chi connectivity index (χ2n) is 7.60. The van der Waals surface area contributed by atoms with E-state index in [9.17, 15) is 0 Å². The van der Waals surface area contributed by atoms with Crippen molar-refractivity contribution in [2.45, 2.75) is 44.2 Å². The molecular weight excluding hydrogens is 356 g/mol. The van der Waals surface area contributed by atoms with Gasteiger partial charge in [-0.3, -0.25) is 0 Å². The molecule has 27 heavy (non-hydrogen) atoms. The van der Waals surface area contributed by atoms with E-state index in [1.165, 1.54) is 32.1 Å². The third kappa shape index (κ3) is 6.05. The summed E-state index contributed by atoms with van der Waals surface area (Å²) in [6, 6.07) is 34.1. The molecule has 0 unspecified atom stereocenters. The Morgan fingerprint density at radius 2 is 1.19 bits per heavy atom. The molecule has 0 aliphatic heterocycles. The molecule has 0 aliphatic carbocycles. The van der Waals surface area contributed by atoms with Gasteiger partial charge in [-0.05, 0) is 5.16 Å². The highest BCUT2D eigenvalue weighted by molar-refractivity contribution is 6.93. The highest BCUT2D eigenvalue weighted by atomic mass is 28.3. The Morgan fingerprint density at radius 3 is 1.70 bits per heavy atom. The minimum atomic E-state index is -1.22. The number of unbranched alkanes of at least 4 members (excludes halogenated alkanes) is 3. The van der Waals surface area contributed by atoms with Crippen LogP contribution in [0.5, 0.6) is 0 Å². The van der Waals surface area contributed by atoms with Gasteiger partial charge in [-0.25, -0.2) is 0 Å². The van der Waals surface area contributed by atoms with Crippen LogP contribution >= 0.6 is 0 Å². The van der Waals surface area contributed by atoms with Gasteiger partial charge >= 0.3 is 0 Å². The number of benzene rings is 3. The summed E-state index contributed by atoms with van der Waals surface area (Å²) in [6.45, 7) is 2.31. The van der Waals surface area contributed by atoms with Crippen LogP contribution in [0.1, 0.15) is 39.0 Å². The van der Waals surface area contributed by atoms with Gasteiger partial charge in [0.15, 0.2) is 0 Å². The van der Waals surface area contributed by atoms with E-state index in [1.54, 1.807) is 15.6 Å². The topological polar surface area (TPSA) is 0 Å². The normalized spacial score (nSPS) is 12.7. The molecule has 3 rings (SSSR count). The van der Waals surface area contributed by atoms with Crippen molar-refractivity contribution in [1.29, 1.82) is 0 Å². The summed E-state index contributed by atoms with van der Waals surface area (Å²) in [6.07, 6.45) is 6.88. The van der Waals surface area contributed by atoms with Crippen molar-refractivity contribution in [3.63, 3.8) is 0 Å². The Morgan fingerprint density at radius 1 is 0.667 bits per heavy atom. The fourth-order valence-electron chi connectivity index (χ4n) is 4.19. The van der Waals surface area contributed by atoms with Crippen LogP contribution in [0.25, 0.3) is 0 Å². The molecular formula is C25H32Si2. The van der Waals surface area contributed by atoms with Gasteiger partial charge in [0.2, 0.25) is 0 Å². The molecule has 0 amide bonds. The minimum absolute atomic E-state index is 0.305. The molecule has 1 atom stereocenters. The fraction of sp³-hybridized carbons (Fsp3) is 0.280. The van der Waals surface area contributed by atoms with Crippen LogP contribution in [0.3, 0.4) is 0 Å². The van der Waals surface area contributed by atoms with Crippen molar-refractivity contribution in [1.82, 2.24) is 0 Å². The summed E-state index contributed by atoms with van der Waals surface area (Å²) in [5.41, 5.74) is 0. The summed E-state index contributed by atoms with van der Waals surface area (Å²) in [5.74, 6) is 0. The molecule has 0 saturated carbocycles. The SMILES string of the molecule is CCCCCC[C@H]([SiH2]c1ccccc1)[SiH](c1ccccc1)c1ccccc1. The van der Waals surface area contributed by atoms with Crippen molar-refractivity contribution >= 4 is 33.9 Å². The zero-order valence-electron chi connectivity index (χ0n) is 16.6. The van der Waals surface area contributed by atoms with Crippen LogP contribution in [0.15, 0.2) is 91.0 Å². The third-order valence-electron chi connectivity index (χ3n) is 5.56. The summed E-state index contributed by atoms with van der Waals surface area (Å²) >= 11 is 0. The van der Waals surface area contributed by atoms with Crippen LogP contribution in [0.4, 0.5) is 0 Å². The lowest BCUT2D eigenvalue weighted by molar-refractivity contribution is 0.645. The van der Waals surface area contributed by atoms with Crippen LogP contribution in [0.2, 0.25) is 5.16 Å². The maximum absolute atomic E-state index is 2.39. The molecule has 0 heterocycles. The van der Waals surface area contributed by atoms with Crippen molar-refractivity contribution in [3.8, 4) is 0 Å². The lowest BCUT2D eigenvalue weighted by atomic mass is 10.2. The molecule has 140 valence electrons. The predicted molar refractivity (Wildman–Crippen MR) is 126 cm³/mol. The Labute approximate surface area is 169 Å². The van der Waals surface area contributed by atoms with E-state index in [2.05, 4.69) is 97.9 Å². The zero-order valence-corrected chi connectivity index (χ0v) is 19.1. The number of rotatable bonds is 10. The molecule has 3 aromatic rings. The summed E-state index contributed by atoms with van der Waals surface area (Å²) in [4.78, 5) is 0. The molecule has 0 nitrogen and oxygen atoms in total. The van der Waals surface area contributed by atoms with Crippen molar-refractivity contribution in [2.75, 3.05) is 0 Å². The average molecular weight is 389 g/mol. The molecule has 0 aromatic heterocycles. The maximum atomic E-state index is 2.39. The molecule has 0 spiro atoms. The first-order chi connectivity index (χ1) is 13.4. The zero-order chi connectivity index (χ0) is 18.7. The second kappa shape index (κ2) is 11.1. The van der Waals surface area contributed by atoms with Crippen LogP contribution in [-0.2, 0) is 0 Å². The smallest absolute Gasteiger partial charge is 0.0669 e. The van der Waals surface area contributed by atoms with E-state index in [0.717, 1.165) is 5.16 Å². The average Bonchev–Trinajstić information content (AvgIpc) is 2.73. The van der Waals surface area contributed by atoms with Gasteiger partial charge in [-0.1, -0.05) is 146 Å². The Hall–Kier alpha value is -1.91. The van der Waals surface area contributed by atoms with E-state index in [1.807, 2.05) is 0 Å². The van der Waals surface area contributed by atoms with Gasteiger partial charge in [0.1, 0.15) is 8.80 Å². The van der Waals surface area contributed by atoms with Gasteiger partial charge in [0.05, 0.1) is 9.52 Å². The second-order valence-corrected chi connectivity index (χ2v) is 14.0. The quantitative estimate of drug-likeness (QED) is 0.366. The highest BCUT2D eigenvalue weighted by Crippen LogP contribution is 2.19. The van der Waals surface area contributed by atoms with Crippen molar-refractivity contribution in [2.24, 2.45) is 0 Å². The van der Waals surface area contributed by atoms with Crippen LogP contribution in [-0.4, -0.2) is 18.3 Å². The summed E-state index contributed by atoms with van der Waals surface area (Å²) in [7, 11) is -1.53. The molecule has 0 bridgehead atoms. The fourth-order valence-corrected chi connectivity index (χ4v) is 12.5. The standard InChI is InChI=1S/C25H32Si2/c1-2-3-4-14-21-25(26-22-15-8-5-9-16-22)27(23-17-10-6-11-18-23)24-19-12-7-13-20-24/h5-13,15-20,25,27H,2-4,14,21,26H2,1H3/t25-/m1/s1. The van der Waals surface area contributed by atoms with E-state index in [-0.39, 0.29) is 9.52 Å². The van der Waals surface area contributed by atoms with Gasteiger partial charge < -0.3 is 0 Å². The summed E-state index contributed by atoms with van der Waals surface area (Å²) in [5, 5.41) is 5.76. The minimum Gasteiger partial charge on any atom is -0.0669 e. The maximum Gasteiger partial charge on any atom is 0.103 e. The van der Waals surface area contributed by atoms with E-state index >= 15 is 0 Å². The van der Waals surface area contributed by atoms with Crippen molar-refractivity contribution in [3.05, 3.63) is 91.0 Å². The molecule has 0 aliphatic rings. The Bertz CT molecular complexity index is 717. The monoisotopic (exact) mass is 388 g/mol. The van der Waals surface area contributed by atoms with Crippen LogP contribution in [0, 0.1) is 0 Å². The first kappa shape index (κ1) is 19.8. The third-order valence-corrected chi connectivity index (χ3v) is 13.0. The molecule has 0 radical (unpaired) electrons.